The number of aliphatic imine (C=N–C) groups is 2. The number of nitrogens with zero attached hydrogens (tertiary/aromatic N) is 7. The minimum absolute atomic E-state index is 0.0160. The number of ether oxygens (including phenoxy) is 4. The molecule has 25 nitrogen and oxygen atoms in total. The number of piperidine rings is 4. The maximum Gasteiger partial charge on any atom is 0.416 e. The normalized spacial score (nSPS) is 25.0. The third kappa shape index (κ3) is 25.5. The van der Waals surface area contributed by atoms with Crippen LogP contribution >= 0.6 is 0 Å². The van der Waals surface area contributed by atoms with Gasteiger partial charge in [-0.3, -0.25) is 44.1 Å². The largest absolute Gasteiger partial charge is 0.416 e. The van der Waals surface area contributed by atoms with E-state index in [1.165, 1.54) is 21.9 Å². The van der Waals surface area contributed by atoms with E-state index in [2.05, 4.69) is 53.7 Å². The van der Waals surface area contributed by atoms with Crippen LogP contribution in [-0.4, -0.2) is 190 Å². The average Bonchev–Trinajstić information content (AvgIpc) is 1.06. The summed E-state index contributed by atoms with van der Waals surface area (Å²) in [5.74, 6) is -0.458. The number of rotatable bonds is 31. The highest BCUT2D eigenvalue weighted by Crippen LogP contribution is 2.48. The number of benzene rings is 8. The summed E-state index contributed by atoms with van der Waals surface area (Å²) in [5.41, 5.74) is -0.311. The van der Waals surface area contributed by atoms with Crippen molar-refractivity contribution in [3.63, 3.8) is 0 Å². The molecule has 0 bridgehead atoms. The van der Waals surface area contributed by atoms with Crippen molar-refractivity contribution < 1.29 is 106 Å². The van der Waals surface area contributed by atoms with Crippen LogP contribution < -0.4 is 32.3 Å². The molecule has 5 amide bonds. The second-order valence-corrected chi connectivity index (χ2v) is 39.2. The molecule has 0 unspecified atom stereocenters. The van der Waals surface area contributed by atoms with Crippen LogP contribution in [0.4, 0.5) is 57.5 Å². The van der Waals surface area contributed by atoms with Gasteiger partial charge in [0.25, 0.3) is 0 Å². The van der Waals surface area contributed by atoms with Gasteiger partial charge in [0.15, 0.2) is 0 Å². The van der Waals surface area contributed by atoms with E-state index in [0.29, 0.717) is 122 Å². The second-order valence-electron chi connectivity index (χ2n) is 39.2. The van der Waals surface area contributed by atoms with Crippen LogP contribution in [-0.2, 0) is 85.7 Å². The lowest BCUT2D eigenvalue weighted by Gasteiger charge is -2.51. The highest BCUT2D eigenvalue weighted by molar-refractivity contribution is 6.02. The van der Waals surface area contributed by atoms with Crippen LogP contribution in [0, 0.1) is 27.7 Å². The van der Waals surface area contributed by atoms with Gasteiger partial charge in [-0.15, -0.1) is 0 Å². The number of aromatic nitrogens is 3. The number of carbonyl (C=O) groups excluding carboxylic acids is 4. The zero-order valence-corrected chi connectivity index (χ0v) is 82.1. The molecule has 1 aromatic heterocycles. The van der Waals surface area contributed by atoms with Crippen molar-refractivity contribution in [2.24, 2.45) is 9.98 Å². The Bertz CT molecular complexity index is 5780. The molecule has 9 aromatic rings. The highest BCUT2D eigenvalue weighted by atomic mass is 19.4. The summed E-state index contributed by atoms with van der Waals surface area (Å²) in [4.78, 5) is 74.8. The number of nitrogens with one attached hydrogen (secondary N) is 6. The molecule has 0 aliphatic carbocycles. The van der Waals surface area contributed by atoms with Crippen LogP contribution in [0.15, 0.2) is 215 Å². The lowest BCUT2D eigenvalue weighted by molar-refractivity contribution is -0.138. The second kappa shape index (κ2) is 45.7. The molecule has 12 atom stereocenters. The molecule has 5 saturated heterocycles. The summed E-state index contributed by atoms with van der Waals surface area (Å²) in [7, 11) is 0. The van der Waals surface area contributed by atoms with Gasteiger partial charge in [0.05, 0.1) is 137 Å². The monoisotopic (exact) mass is 2010 g/mol. The van der Waals surface area contributed by atoms with E-state index in [-0.39, 0.29) is 95.7 Å². The molecule has 7 aliphatic rings. The zero-order valence-electron chi connectivity index (χ0n) is 82.1. The molecule has 5 fully saturated rings. The lowest BCUT2D eigenvalue weighted by atomic mass is 9.74. The van der Waals surface area contributed by atoms with Crippen LogP contribution in [0.25, 0.3) is 0 Å². The fourth-order valence-corrected chi connectivity index (χ4v) is 20.8. The fraction of sp³-hybridized carbons (Fsp3) is 0.477. The molecule has 9 N–H and O–H groups in total. The number of aromatic amines is 1. The molecule has 0 saturated carbocycles. The number of aliphatic hydroxyl groups excluding tert-OH is 3. The van der Waals surface area contributed by atoms with Crippen LogP contribution in [0.5, 0.6) is 0 Å². The number of imide groups is 1. The molecule has 0 radical (unpaired) electrons. The molecular formula is C107H127F12N13O12. The number of urea groups is 1. The maximum atomic E-state index is 13.4. The predicted octanol–water partition coefficient (Wildman–Crippen LogP) is 17.8. The molecular weight excluding hydrogens is 1890 g/mol. The van der Waals surface area contributed by atoms with Gasteiger partial charge in [-0.2, -0.15) is 57.8 Å². The van der Waals surface area contributed by atoms with Gasteiger partial charge < -0.3 is 60.4 Å². The topological polar surface area (TPSA) is 311 Å². The van der Waals surface area contributed by atoms with Gasteiger partial charge >= 0.3 is 36.4 Å². The van der Waals surface area contributed by atoms with Gasteiger partial charge in [-0.1, -0.05) is 181 Å². The van der Waals surface area contributed by atoms with E-state index in [9.17, 15) is 92.0 Å². The standard InChI is InChI=1S/C28H34F3N3O2.C27H32F3N3O4.C27H32F3N3O3.C25H29F3N4O3/c1-4-10-26(34-19-32-16-25(34)35)11-12-27(33-17-26,23-8-6-5-7-9-23)18-36-21(3)22-13-20(2)14-24(15-22)28(29,30)31;1-18-12-20(14-22(13-18)27(28,29)30)19(2)37-17-26(21-6-4-3-5-7-21)9-8-25(10-11-34,16-31-26)33-15-23(35)32-24(33)36;1-19-12-21(14-23(13-19)27(28,29)30)20(2)36-17-26(22-6-4-3-5-7-22)9-8-25(10-11-34,16-32-26)33-18-31-15-24(33)35;1-17-10-19(12-21(11-17)25(26,27)28)18(2)35-15-24(20-6-4-3-5-7-20)9-8-23(14-33,13-29-24)32-16-30-31-22(32)34/h5-9,13-15,19,21,33H,4,10-12,16-18H2,1-3H3;3-7,12-14,19,31,34H,8-11,15-17H2,1-2H3,(H,32,35,36);3-7,12-14,18,20,32,34H,8-11,15-17H2,1-2H3;3-7,10-12,16,18,29,33H,8-9,13-15H2,1-2H3,(H,31,34)/t21-,26+,27-;19-,25-,26-;20-,25-,26-;18-,23+,24-/m1111/s1. The zero-order chi connectivity index (χ0) is 104. The van der Waals surface area contributed by atoms with Crippen LogP contribution in [0.2, 0.25) is 0 Å². The Balaban J connectivity index is 0.000000161. The lowest BCUT2D eigenvalue weighted by Crippen LogP contribution is -2.65. The first-order chi connectivity index (χ1) is 68.2. The predicted molar refractivity (Wildman–Crippen MR) is 519 cm³/mol. The third-order valence-electron chi connectivity index (χ3n) is 29.3. The Morgan fingerprint density at radius 1 is 0.389 bits per heavy atom. The minimum atomic E-state index is -4.45. The molecule has 0 spiro atoms. The third-order valence-corrected chi connectivity index (χ3v) is 29.3. The van der Waals surface area contributed by atoms with Gasteiger partial charge in [0, 0.05) is 39.4 Å². The quantitative estimate of drug-likeness (QED) is 0.0144. The van der Waals surface area contributed by atoms with Crippen LogP contribution in [0.3, 0.4) is 0 Å². The SMILES string of the molecule is CCC[C@]1(N2C=NCC2=O)CC[C@@](CO[C@H](C)c2cc(C)cc(C(F)(F)F)c2)(c2ccccc2)NC1.Cc1cc([C@@H](C)OC[C@@]2(c3ccccc3)CC[C@](CCO)(N3C=NCC3=O)CN2)cc(C(F)(F)F)c1.Cc1cc([C@@H](C)OC[C@@]2(c3ccccc3)CC[C@](CCO)(N3CC(=O)NC3=O)CN2)cc(C(F)(F)F)c1.Cc1cc([C@@H](C)OC[C@@]2(c3ccccc3)CC[C@](CO)(n3cn[nH]c3=O)CN2)cc(C(F)(F)F)c1. The highest BCUT2D eigenvalue weighted by Gasteiger charge is 2.55. The molecule has 8 aromatic carbocycles. The van der Waals surface area contributed by atoms with E-state index in [1.54, 1.807) is 102 Å². The summed E-state index contributed by atoms with van der Waals surface area (Å²) in [6.45, 7) is 17.9. The van der Waals surface area contributed by atoms with E-state index in [0.717, 1.165) is 84.0 Å². The summed E-state index contributed by atoms with van der Waals surface area (Å²) in [6.07, 6.45) is -8.22. The average molecular weight is 2020 g/mol. The number of hydrogen-bond acceptors (Lipinski definition) is 19. The first-order valence-corrected chi connectivity index (χ1v) is 48.4. The Morgan fingerprint density at radius 3 is 0.917 bits per heavy atom. The minimum Gasteiger partial charge on any atom is -0.396 e. The fourth-order valence-electron chi connectivity index (χ4n) is 20.8. The number of amides is 5. The summed E-state index contributed by atoms with van der Waals surface area (Å²) < 4.78 is 187. The van der Waals surface area contributed by atoms with E-state index >= 15 is 0 Å². The van der Waals surface area contributed by atoms with E-state index in [4.69, 9.17) is 18.9 Å². The van der Waals surface area contributed by atoms with Crippen molar-refractivity contribution in [1.29, 1.82) is 0 Å². The Morgan fingerprint density at radius 2 is 0.681 bits per heavy atom. The van der Waals surface area contributed by atoms with Crippen molar-refractivity contribution in [3.8, 4) is 0 Å². The number of alkyl halides is 12. The molecule has 37 heteroatoms. The smallest absolute Gasteiger partial charge is 0.396 e. The number of aliphatic hydroxyl groups is 3. The van der Waals surface area contributed by atoms with Gasteiger partial charge in [0.2, 0.25) is 17.7 Å². The number of hydrogen-bond donors (Lipinski definition) is 9. The Labute approximate surface area is 829 Å². The van der Waals surface area contributed by atoms with Crippen molar-refractivity contribution in [1.82, 2.24) is 56.0 Å². The van der Waals surface area contributed by atoms with E-state index in [1.807, 2.05) is 121 Å². The maximum absolute atomic E-state index is 13.4. The van der Waals surface area contributed by atoms with Crippen molar-refractivity contribution in [2.45, 2.75) is 233 Å². The molecule has 776 valence electrons. The number of aryl methyl sites for hydroxylation is 4. The summed E-state index contributed by atoms with van der Waals surface area (Å²) >= 11 is 0. The molecule has 16 rings (SSSR count). The van der Waals surface area contributed by atoms with Gasteiger partial charge in [0.1, 0.15) is 26.0 Å². The van der Waals surface area contributed by atoms with E-state index < -0.39 is 122 Å². The Hall–Kier alpha value is -11.4. The number of carbonyl (C=O) groups is 4. The van der Waals surface area contributed by atoms with Gasteiger partial charge in [-0.25, -0.2) is 14.7 Å². The summed E-state index contributed by atoms with van der Waals surface area (Å²) in [6, 6.07) is 54.5. The van der Waals surface area contributed by atoms with Crippen molar-refractivity contribution >= 4 is 36.4 Å². The number of H-pyrrole nitrogens is 1. The first kappa shape index (κ1) is 110. The molecule has 7 aliphatic heterocycles. The van der Waals surface area contributed by atoms with Crippen molar-refractivity contribution in [3.05, 3.63) is 300 Å². The first-order valence-electron chi connectivity index (χ1n) is 48.4. The van der Waals surface area contributed by atoms with Crippen molar-refractivity contribution in [2.75, 3.05) is 92.1 Å². The molecule has 8 heterocycles. The summed E-state index contributed by atoms with van der Waals surface area (Å²) in [5, 5.41) is 52.6. The Kier molecular flexibility index (Phi) is 34.9. The number of halogens is 12. The van der Waals surface area contributed by atoms with Crippen LogP contribution in [0.1, 0.15) is 225 Å². The molecule has 144 heavy (non-hydrogen) atoms. The van der Waals surface area contributed by atoms with Gasteiger partial charge in [-0.05, 0) is 219 Å².